The number of nitriles is 1. The van der Waals surface area contributed by atoms with Gasteiger partial charge in [0.25, 0.3) is 0 Å². The number of hydrogen-bond donors (Lipinski definition) is 0. The second-order valence-electron chi connectivity index (χ2n) is 19.4. The van der Waals surface area contributed by atoms with Gasteiger partial charge >= 0.3 is 5.95 Å². The lowest BCUT2D eigenvalue weighted by Crippen LogP contribution is -1.96. The van der Waals surface area contributed by atoms with Crippen LogP contribution in [0.3, 0.4) is 0 Å². The minimum atomic E-state index is 0.145. The molecular formula is C65H40N6. The fraction of sp³-hybridized carbons (Fsp3) is 0.0769. The molecule has 10 aromatic carbocycles. The maximum Gasteiger partial charge on any atom is 0.371 e. The van der Waals surface area contributed by atoms with Crippen molar-refractivity contribution in [3.8, 4) is 95.1 Å². The van der Waals surface area contributed by atoms with Crippen LogP contribution in [-0.4, -0.2) is 19.9 Å². The summed E-state index contributed by atoms with van der Waals surface area (Å²) in [6.07, 6.45) is 7.05. The van der Waals surface area contributed by atoms with Crippen LogP contribution in [0, 0.1) is 52.5 Å². The standard InChI is InChI=1S/C65H40N6/c1-33-20-36(4)62(37(5)21-33)59-27-55-52-22-48-44-14-8-12-42-40(38-29-68-60(28-66)69-30-38)16-18-46(63(42)44)50(48)24-56(52)58(61-34(2)10-7-11-35(61)3)26-54(55)53-23-49-45-15-9-13-43-41(39-31-70-65(67-6)71-32-39)17-19-47(64(43)45)51(49)25-57(53)59/h7-27,29-32H,1-5H3. The Bertz CT molecular complexity index is 4470. The monoisotopic (exact) mass is 904 g/mol. The SMILES string of the molecule is [C-]#[N+]c1ncc(-c2ccc3c4c(cccc24)-c2cc4c(cc2-3)c(-c2c(C)cc(C)cc2C)cc2c3cc5c(cc3c(-c3c(C)cccc3C)cc42)-c2ccc(-c3cnc(C#N)nc3)c3cccc-5c23)cn1. The van der Waals surface area contributed by atoms with E-state index < -0.39 is 0 Å². The average molecular weight is 905 g/mol. The number of nitrogens with zero attached hydrogens (tertiary/aromatic N) is 6. The zero-order valence-electron chi connectivity index (χ0n) is 39.6. The molecule has 0 atom stereocenters. The van der Waals surface area contributed by atoms with Crippen molar-refractivity contribution < 1.29 is 0 Å². The first-order valence-electron chi connectivity index (χ1n) is 23.9. The van der Waals surface area contributed by atoms with Gasteiger partial charge < -0.3 is 4.85 Å². The minimum Gasteiger partial charge on any atom is -0.394 e. The Hall–Kier alpha value is -9.36. The van der Waals surface area contributed by atoms with Gasteiger partial charge in [-0.3, -0.25) is 0 Å². The third-order valence-electron chi connectivity index (χ3n) is 15.4. The van der Waals surface area contributed by atoms with Crippen LogP contribution in [0.15, 0.2) is 152 Å². The molecule has 0 spiro atoms. The van der Waals surface area contributed by atoms with E-state index in [0.717, 1.165) is 33.0 Å². The van der Waals surface area contributed by atoms with Crippen molar-refractivity contribution in [2.24, 2.45) is 0 Å². The van der Waals surface area contributed by atoms with Gasteiger partial charge in [0.05, 0.1) is 12.4 Å². The first kappa shape index (κ1) is 40.7. The third-order valence-corrected chi connectivity index (χ3v) is 15.4. The number of rotatable bonds is 4. The molecule has 0 saturated heterocycles. The Morgan fingerprint density at radius 3 is 1.23 bits per heavy atom. The highest BCUT2D eigenvalue weighted by molar-refractivity contribution is 6.30. The van der Waals surface area contributed by atoms with Crippen LogP contribution in [0.2, 0.25) is 0 Å². The highest BCUT2D eigenvalue weighted by atomic mass is 15.0. The third kappa shape index (κ3) is 5.74. The van der Waals surface area contributed by atoms with Crippen LogP contribution in [0.4, 0.5) is 5.95 Å². The molecule has 0 fully saturated rings. The van der Waals surface area contributed by atoms with Crippen LogP contribution in [0.25, 0.3) is 148 Å². The molecule has 2 heterocycles. The van der Waals surface area contributed by atoms with Crippen molar-refractivity contribution in [2.75, 3.05) is 0 Å². The van der Waals surface area contributed by atoms with Crippen LogP contribution in [0.5, 0.6) is 0 Å². The molecule has 2 aliphatic rings. The van der Waals surface area contributed by atoms with Gasteiger partial charge in [0.15, 0.2) is 0 Å². The molecule has 0 radical (unpaired) electrons. The van der Waals surface area contributed by atoms with Crippen molar-refractivity contribution >= 4 is 59.8 Å². The maximum atomic E-state index is 9.45. The van der Waals surface area contributed by atoms with Crippen molar-refractivity contribution in [3.05, 3.63) is 197 Å². The number of fused-ring (bicyclic) bond motifs is 11. The topological polar surface area (TPSA) is 79.7 Å². The molecule has 0 unspecified atom stereocenters. The summed E-state index contributed by atoms with van der Waals surface area (Å²) in [7, 11) is 0. The van der Waals surface area contributed by atoms with Crippen molar-refractivity contribution in [2.45, 2.75) is 34.6 Å². The molecule has 14 rings (SSSR count). The summed E-state index contributed by atoms with van der Waals surface area (Å²) in [5, 5.41) is 21.5. The van der Waals surface area contributed by atoms with E-state index in [9.17, 15) is 5.26 Å². The highest BCUT2D eigenvalue weighted by Gasteiger charge is 2.29. The Morgan fingerprint density at radius 2 is 0.761 bits per heavy atom. The Balaban J connectivity index is 1.10. The van der Waals surface area contributed by atoms with E-state index in [1.54, 1.807) is 24.8 Å². The van der Waals surface area contributed by atoms with E-state index in [0.29, 0.717) is 0 Å². The molecule has 6 nitrogen and oxygen atoms in total. The zero-order chi connectivity index (χ0) is 48.0. The quantitative estimate of drug-likeness (QED) is 0.130. The van der Waals surface area contributed by atoms with E-state index in [-0.39, 0.29) is 11.8 Å². The van der Waals surface area contributed by atoms with Gasteiger partial charge in [-0.2, -0.15) is 15.2 Å². The molecule has 330 valence electrons. The van der Waals surface area contributed by atoms with Crippen molar-refractivity contribution in [1.29, 1.82) is 5.26 Å². The number of hydrogen-bond acceptors (Lipinski definition) is 5. The Morgan fingerprint density at radius 1 is 0.380 bits per heavy atom. The molecule has 2 aliphatic carbocycles. The molecule has 6 heteroatoms. The van der Waals surface area contributed by atoms with E-state index in [1.807, 2.05) is 0 Å². The molecule has 71 heavy (non-hydrogen) atoms. The summed E-state index contributed by atoms with van der Waals surface area (Å²) < 4.78 is 0. The number of aryl methyl sites for hydroxylation is 5. The van der Waals surface area contributed by atoms with E-state index in [2.05, 4.69) is 193 Å². The number of aromatic nitrogens is 4. The zero-order valence-corrected chi connectivity index (χ0v) is 39.6. The van der Waals surface area contributed by atoms with Crippen LogP contribution < -0.4 is 0 Å². The maximum absolute atomic E-state index is 9.45. The largest absolute Gasteiger partial charge is 0.394 e. The van der Waals surface area contributed by atoms with Gasteiger partial charge in [0.1, 0.15) is 6.07 Å². The molecule has 0 bridgehead atoms. The van der Waals surface area contributed by atoms with E-state index in [4.69, 9.17) is 6.57 Å². The van der Waals surface area contributed by atoms with Gasteiger partial charge in [-0.25, -0.2) is 9.97 Å². The molecule has 0 amide bonds. The molecule has 0 N–H and O–H groups in total. The predicted molar refractivity (Wildman–Crippen MR) is 290 cm³/mol. The normalized spacial score (nSPS) is 12.0. The van der Waals surface area contributed by atoms with Crippen molar-refractivity contribution in [3.63, 3.8) is 0 Å². The summed E-state index contributed by atoms with van der Waals surface area (Å²) in [5.41, 5.74) is 24.8. The van der Waals surface area contributed by atoms with Crippen LogP contribution in [-0.2, 0) is 0 Å². The lowest BCUT2D eigenvalue weighted by Gasteiger charge is -2.21. The second kappa shape index (κ2) is 14.8. The lowest BCUT2D eigenvalue weighted by molar-refractivity contribution is 1.12. The molecule has 12 aromatic rings. The van der Waals surface area contributed by atoms with E-state index in [1.165, 1.54) is 138 Å². The van der Waals surface area contributed by atoms with Crippen LogP contribution in [0.1, 0.15) is 33.6 Å². The van der Waals surface area contributed by atoms with E-state index >= 15 is 0 Å². The Kier molecular flexibility index (Phi) is 8.49. The summed E-state index contributed by atoms with van der Waals surface area (Å²) in [5.74, 6) is 0.305. The molecule has 0 saturated carbocycles. The van der Waals surface area contributed by atoms with Gasteiger partial charge in [-0.15, -0.1) is 6.57 Å². The predicted octanol–water partition coefficient (Wildman–Crippen LogP) is 17.0. The molecule has 2 aromatic heterocycles. The van der Waals surface area contributed by atoms with Gasteiger partial charge in [0.2, 0.25) is 5.82 Å². The molecule has 0 aliphatic heterocycles. The van der Waals surface area contributed by atoms with Gasteiger partial charge in [-0.1, -0.05) is 96.6 Å². The molecular weight excluding hydrogens is 865 g/mol. The summed E-state index contributed by atoms with van der Waals surface area (Å²) in [6.45, 7) is 18.6. The van der Waals surface area contributed by atoms with Gasteiger partial charge in [0, 0.05) is 23.5 Å². The highest BCUT2D eigenvalue weighted by Crippen LogP contribution is 2.56. The lowest BCUT2D eigenvalue weighted by atomic mass is 9.82. The fourth-order valence-corrected chi connectivity index (χ4v) is 12.5. The smallest absolute Gasteiger partial charge is 0.371 e. The summed E-state index contributed by atoms with van der Waals surface area (Å²) in [4.78, 5) is 20.8. The minimum absolute atomic E-state index is 0.145. The van der Waals surface area contributed by atoms with Crippen LogP contribution >= 0.6 is 0 Å². The first-order valence-corrected chi connectivity index (χ1v) is 23.9. The first-order chi connectivity index (χ1) is 34.7. The second-order valence-corrected chi connectivity index (χ2v) is 19.4. The summed E-state index contributed by atoms with van der Waals surface area (Å²) in [6, 6.07) is 50.4. The fourth-order valence-electron chi connectivity index (χ4n) is 12.5. The number of benzene rings is 10. The van der Waals surface area contributed by atoms with Crippen molar-refractivity contribution in [1.82, 2.24) is 19.9 Å². The summed E-state index contributed by atoms with van der Waals surface area (Å²) >= 11 is 0. The Labute approximate surface area is 410 Å². The average Bonchev–Trinajstić information content (AvgIpc) is 3.88. The van der Waals surface area contributed by atoms with Gasteiger partial charge in [-0.05, 0) is 225 Å².